The van der Waals surface area contributed by atoms with E-state index < -0.39 is 11.7 Å². The SMILES string of the molecule is CCCCCc1cccc(Nc2nc(Nc3ccc(OCCCC)cc3)ncc2C(F)(F)F)c1. The summed E-state index contributed by atoms with van der Waals surface area (Å²) in [7, 11) is 0. The normalized spacial score (nSPS) is 11.3. The Morgan fingerprint density at radius 2 is 1.65 bits per heavy atom. The molecule has 0 unspecified atom stereocenters. The van der Waals surface area contributed by atoms with Gasteiger partial charge in [-0.15, -0.1) is 0 Å². The molecule has 34 heavy (non-hydrogen) atoms. The molecule has 5 nitrogen and oxygen atoms in total. The zero-order valence-corrected chi connectivity index (χ0v) is 19.6. The van der Waals surface area contributed by atoms with Gasteiger partial charge >= 0.3 is 6.18 Å². The summed E-state index contributed by atoms with van der Waals surface area (Å²) in [6.07, 6.45) is 2.37. The molecule has 0 aliphatic rings. The average molecular weight is 473 g/mol. The van der Waals surface area contributed by atoms with Crippen molar-refractivity contribution in [1.29, 1.82) is 0 Å². The van der Waals surface area contributed by atoms with Gasteiger partial charge < -0.3 is 15.4 Å². The molecule has 0 saturated carbocycles. The molecule has 2 N–H and O–H groups in total. The Morgan fingerprint density at radius 1 is 0.882 bits per heavy atom. The number of benzene rings is 2. The molecule has 182 valence electrons. The van der Waals surface area contributed by atoms with Crippen molar-refractivity contribution in [2.45, 2.75) is 58.5 Å². The second kappa shape index (κ2) is 12.3. The number of hydrogen-bond donors (Lipinski definition) is 2. The Morgan fingerprint density at radius 3 is 2.35 bits per heavy atom. The zero-order valence-electron chi connectivity index (χ0n) is 19.6. The highest BCUT2D eigenvalue weighted by Gasteiger charge is 2.35. The molecule has 2 aromatic carbocycles. The van der Waals surface area contributed by atoms with E-state index in [1.165, 1.54) is 0 Å². The Hall–Kier alpha value is -3.29. The van der Waals surface area contributed by atoms with Crippen molar-refractivity contribution in [2.75, 3.05) is 17.2 Å². The van der Waals surface area contributed by atoms with Crippen molar-refractivity contribution in [3.05, 3.63) is 65.9 Å². The highest BCUT2D eigenvalue weighted by Crippen LogP contribution is 2.35. The van der Waals surface area contributed by atoms with Gasteiger partial charge in [0.15, 0.2) is 0 Å². The molecule has 1 aromatic heterocycles. The van der Waals surface area contributed by atoms with Crippen LogP contribution in [0.15, 0.2) is 54.7 Å². The van der Waals surface area contributed by atoms with Crippen LogP contribution in [0.25, 0.3) is 0 Å². The molecule has 1 heterocycles. The first-order valence-corrected chi connectivity index (χ1v) is 11.7. The van der Waals surface area contributed by atoms with E-state index in [-0.39, 0.29) is 11.8 Å². The molecule has 0 aliphatic carbocycles. The van der Waals surface area contributed by atoms with Gasteiger partial charge in [-0.25, -0.2) is 4.98 Å². The van der Waals surface area contributed by atoms with Crippen LogP contribution in [-0.2, 0) is 12.6 Å². The molecule has 0 spiro atoms. The molecule has 0 radical (unpaired) electrons. The molecular weight excluding hydrogens is 441 g/mol. The first-order valence-electron chi connectivity index (χ1n) is 11.7. The Balaban J connectivity index is 1.77. The molecule has 0 saturated heterocycles. The summed E-state index contributed by atoms with van der Waals surface area (Å²) < 4.78 is 46.5. The predicted molar refractivity (Wildman–Crippen MR) is 130 cm³/mol. The number of alkyl halides is 3. The molecule has 0 bridgehead atoms. The fourth-order valence-corrected chi connectivity index (χ4v) is 3.36. The largest absolute Gasteiger partial charge is 0.494 e. The minimum absolute atomic E-state index is 0.0641. The van der Waals surface area contributed by atoms with Crippen LogP contribution in [0.4, 0.5) is 36.3 Å². The molecule has 3 aromatic rings. The number of aromatic nitrogens is 2. The summed E-state index contributed by atoms with van der Waals surface area (Å²) >= 11 is 0. The van der Waals surface area contributed by atoms with Gasteiger partial charge in [-0.2, -0.15) is 18.2 Å². The number of ether oxygens (including phenoxy) is 1. The van der Waals surface area contributed by atoms with Crippen LogP contribution in [0.1, 0.15) is 57.1 Å². The molecule has 0 fully saturated rings. The van der Waals surface area contributed by atoms with E-state index in [1.807, 2.05) is 18.2 Å². The number of anilines is 4. The molecule has 8 heteroatoms. The van der Waals surface area contributed by atoms with E-state index in [9.17, 15) is 13.2 Å². The first-order chi connectivity index (χ1) is 16.4. The van der Waals surface area contributed by atoms with Crippen LogP contribution in [0.5, 0.6) is 5.75 Å². The fraction of sp³-hybridized carbons (Fsp3) is 0.385. The third kappa shape index (κ3) is 7.64. The van der Waals surface area contributed by atoms with Crippen molar-refractivity contribution in [3.63, 3.8) is 0 Å². The van der Waals surface area contributed by atoms with Crippen molar-refractivity contribution in [1.82, 2.24) is 9.97 Å². The number of hydrogen-bond acceptors (Lipinski definition) is 5. The fourth-order valence-electron chi connectivity index (χ4n) is 3.36. The summed E-state index contributed by atoms with van der Waals surface area (Å²) in [6.45, 7) is 4.86. The van der Waals surface area contributed by atoms with Crippen LogP contribution in [0.3, 0.4) is 0 Å². The number of rotatable bonds is 12. The van der Waals surface area contributed by atoms with Crippen molar-refractivity contribution >= 4 is 23.1 Å². The van der Waals surface area contributed by atoms with Crippen LogP contribution in [-0.4, -0.2) is 16.6 Å². The molecule has 3 rings (SSSR count). The summed E-state index contributed by atoms with van der Waals surface area (Å²) in [5.41, 5.74) is 1.35. The van der Waals surface area contributed by atoms with Gasteiger partial charge in [0.05, 0.1) is 6.61 Å². The smallest absolute Gasteiger partial charge is 0.421 e. The van der Waals surface area contributed by atoms with Gasteiger partial charge in [0.1, 0.15) is 17.1 Å². The van der Waals surface area contributed by atoms with Crippen LogP contribution in [0.2, 0.25) is 0 Å². The van der Waals surface area contributed by atoms with Crippen molar-refractivity contribution < 1.29 is 17.9 Å². The van der Waals surface area contributed by atoms with Gasteiger partial charge in [-0.3, -0.25) is 0 Å². The quantitative estimate of drug-likeness (QED) is 0.262. The summed E-state index contributed by atoms with van der Waals surface area (Å²) in [5.74, 6) is 0.498. The van der Waals surface area contributed by atoms with E-state index >= 15 is 0 Å². The molecule has 0 amide bonds. The second-order valence-corrected chi connectivity index (χ2v) is 8.09. The van der Waals surface area contributed by atoms with Gasteiger partial charge in [0.2, 0.25) is 5.95 Å². The maximum atomic E-state index is 13.6. The second-order valence-electron chi connectivity index (χ2n) is 8.09. The lowest BCUT2D eigenvalue weighted by molar-refractivity contribution is -0.137. The summed E-state index contributed by atoms with van der Waals surface area (Å²) in [6, 6.07) is 14.6. The third-order valence-corrected chi connectivity index (χ3v) is 5.23. The average Bonchev–Trinajstić information content (AvgIpc) is 2.80. The first kappa shape index (κ1) is 25.3. The monoisotopic (exact) mass is 472 g/mol. The van der Waals surface area contributed by atoms with Gasteiger partial charge in [-0.1, -0.05) is 45.2 Å². The Bertz CT molecular complexity index is 1040. The predicted octanol–water partition coefficient (Wildman–Crippen LogP) is 7.89. The van der Waals surface area contributed by atoms with E-state index in [4.69, 9.17) is 4.74 Å². The standard InChI is InChI=1S/C26H31F3N4O/c1-3-5-7-9-19-10-8-11-21(17-19)31-24-23(26(27,28)29)18-30-25(33-24)32-20-12-14-22(15-13-20)34-16-6-4-2/h8,10-15,17-18H,3-7,9,16H2,1-2H3,(H2,30,31,32,33). The van der Waals surface area contributed by atoms with Crippen LogP contribution < -0.4 is 15.4 Å². The summed E-state index contributed by atoms with van der Waals surface area (Å²) in [4.78, 5) is 8.01. The summed E-state index contributed by atoms with van der Waals surface area (Å²) in [5, 5.41) is 5.81. The van der Waals surface area contributed by atoms with Crippen LogP contribution in [0, 0.1) is 0 Å². The molecular formula is C26H31F3N4O. The molecule has 0 aliphatic heterocycles. The highest BCUT2D eigenvalue weighted by molar-refractivity contribution is 5.63. The Labute approximate surface area is 198 Å². The van der Waals surface area contributed by atoms with Gasteiger partial charge in [-0.05, 0) is 61.2 Å². The number of nitrogens with zero attached hydrogens (tertiary/aromatic N) is 2. The van der Waals surface area contributed by atoms with Crippen molar-refractivity contribution in [3.8, 4) is 5.75 Å². The lowest BCUT2D eigenvalue weighted by atomic mass is 10.1. The maximum Gasteiger partial charge on any atom is 0.421 e. The topological polar surface area (TPSA) is 59.1 Å². The highest BCUT2D eigenvalue weighted by atomic mass is 19.4. The number of halogens is 3. The van der Waals surface area contributed by atoms with Crippen molar-refractivity contribution in [2.24, 2.45) is 0 Å². The third-order valence-electron chi connectivity index (χ3n) is 5.23. The minimum atomic E-state index is -4.59. The Kier molecular flexibility index (Phi) is 9.13. The lowest BCUT2D eigenvalue weighted by Crippen LogP contribution is -2.12. The van der Waals surface area contributed by atoms with Crippen LogP contribution >= 0.6 is 0 Å². The zero-order chi connectivity index (χ0) is 24.4. The number of nitrogens with one attached hydrogen (secondary N) is 2. The van der Waals surface area contributed by atoms with E-state index in [0.717, 1.165) is 56.0 Å². The van der Waals surface area contributed by atoms with E-state index in [1.54, 1.807) is 30.3 Å². The minimum Gasteiger partial charge on any atom is -0.494 e. The van der Waals surface area contributed by atoms with Gasteiger partial charge in [0.25, 0.3) is 0 Å². The molecule has 0 atom stereocenters. The number of aryl methyl sites for hydroxylation is 1. The van der Waals surface area contributed by atoms with E-state index in [0.29, 0.717) is 18.0 Å². The van der Waals surface area contributed by atoms with E-state index in [2.05, 4.69) is 34.4 Å². The number of unbranched alkanes of at least 4 members (excludes halogenated alkanes) is 3. The lowest BCUT2D eigenvalue weighted by Gasteiger charge is -2.15. The van der Waals surface area contributed by atoms with Gasteiger partial charge in [0, 0.05) is 17.6 Å². The maximum absolute atomic E-state index is 13.6.